The molecular formula is C75H65N. The van der Waals surface area contributed by atoms with E-state index < -0.39 is 5.41 Å². The highest BCUT2D eigenvalue weighted by atomic mass is 15.1. The summed E-state index contributed by atoms with van der Waals surface area (Å²) in [5.74, 6) is 0. The van der Waals surface area contributed by atoms with E-state index in [1.807, 2.05) is 0 Å². The molecule has 0 radical (unpaired) electrons. The van der Waals surface area contributed by atoms with E-state index in [1.165, 1.54) is 122 Å². The molecule has 0 N–H and O–H groups in total. The van der Waals surface area contributed by atoms with E-state index in [4.69, 9.17) is 0 Å². The van der Waals surface area contributed by atoms with Crippen LogP contribution in [0.5, 0.6) is 0 Å². The monoisotopic (exact) mass is 980 g/mol. The summed E-state index contributed by atoms with van der Waals surface area (Å²) in [5.41, 5.74) is 31.6. The van der Waals surface area contributed by atoms with Crippen LogP contribution in [-0.4, -0.2) is 0 Å². The largest absolute Gasteiger partial charge is 0.310 e. The van der Waals surface area contributed by atoms with Crippen molar-refractivity contribution in [3.05, 3.63) is 268 Å². The van der Waals surface area contributed by atoms with Gasteiger partial charge in [0, 0.05) is 27.8 Å². The van der Waals surface area contributed by atoms with E-state index in [2.05, 4.69) is 286 Å². The first kappa shape index (κ1) is 46.5. The first-order chi connectivity index (χ1) is 36.5. The molecule has 1 heteroatoms. The first-order valence-corrected chi connectivity index (χ1v) is 27.5. The molecule has 0 atom stereocenters. The molecule has 0 aromatic heterocycles. The smallest absolute Gasteiger partial charge is 0.0726 e. The van der Waals surface area contributed by atoms with Gasteiger partial charge in [0.25, 0.3) is 0 Å². The second kappa shape index (κ2) is 16.0. The number of hydrogen-bond donors (Lipinski definition) is 0. The lowest BCUT2D eigenvalue weighted by molar-refractivity contribution is 0.586. The van der Waals surface area contributed by atoms with Crippen LogP contribution >= 0.6 is 0 Å². The maximum Gasteiger partial charge on any atom is 0.0726 e. The van der Waals surface area contributed by atoms with Crippen molar-refractivity contribution >= 4 is 17.1 Å². The molecule has 0 aliphatic heterocycles. The Morgan fingerprint density at radius 2 is 0.750 bits per heavy atom. The Balaban J connectivity index is 1.05. The summed E-state index contributed by atoms with van der Waals surface area (Å²) in [6.45, 7) is 23.7. The average molecular weight is 980 g/mol. The Hall–Kier alpha value is -8.00. The van der Waals surface area contributed by atoms with Gasteiger partial charge in [-0.15, -0.1) is 0 Å². The van der Waals surface area contributed by atoms with Gasteiger partial charge >= 0.3 is 0 Å². The summed E-state index contributed by atoms with van der Waals surface area (Å²) >= 11 is 0. The van der Waals surface area contributed by atoms with Gasteiger partial charge in [-0.1, -0.05) is 251 Å². The Morgan fingerprint density at radius 1 is 0.303 bits per heavy atom. The van der Waals surface area contributed by atoms with Crippen LogP contribution in [-0.2, 0) is 27.1 Å². The van der Waals surface area contributed by atoms with Gasteiger partial charge in [0.2, 0.25) is 0 Å². The van der Waals surface area contributed by atoms with Crippen LogP contribution in [0.25, 0.3) is 66.8 Å². The topological polar surface area (TPSA) is 3.24 Å². The van der Waals surface area contributed by atoms with E-state index in [-0.39, 0.29) is 21.7 Å². The van der Waals surface area contributed by atoms with Crippen molar-refractivity contribution in [2.24, 2.45) is 0 Å². The summed E-state index contributed by atoms with van der Waals surface area (Å²) in [4.78, 5) is 2.58. The van der Waals surface area contributed by atoms with Crippen LogP contribution in [0.15, 0.2) is 212 Å². The molecule has 0 saturated carbocycles. The highest BCUT2D eigenvalue weighted by Crippen LogP contribution is 2.65. The van der Waals surface area contributed by atoms with E-state index in [0.717, 1.165) is 17.1 Å². The average Bonchev–Trinajstić information content (AvgIpc) is 4.24. The number of para-hydroxylation sites is 1. The molecule has 0 amide bonds. The molecule has 4 aliphatic rings. The molecule has 370 valence electrons. The highest BCUT2D eigenvalue weighted by Gasteiger charge is 2.53. The normalized spacial score (nSPS) is 15.3. The van der Waals surface area contributed by atoms with Gasteiger partial charge in [-0.05, 0) is 158 Å². The van der Waals surface area contributed by atoms with Crippen molar-refractivity contribution in [3.63, 3.8) is 0 Å². The second-order valence-corrected chi connectivity index (χ2v) is 25.2. The number of benzene rings is 10. The van der Waals surface area contributed by atoms with Crippen LogP contribution in [0.4, 0.5) is 17.1 Å². The molecule has 1 spiro atoms. The molecule has 4 aliphatic carbocycles. The Labute approximate surface area is 450 Å². The molecule has 10 aromatic carbocycles. The number of nitrogens with zero attached hydrogens (tertiary/aromatic N) is 1. The molecule has 0 saturated heterocycles. The van der Waals surface area contributed by atoms with Gasteiger partial charge in [0.1, 0.15) is 0 Å². The summed E-state index contributed by atoms with van der Waals surface area (Å²) in [5, 5.41) is 0. The zero-order valence-electron chi connectivity index (χ0n) is 45.7. The Bertz CT molecular complexity index is 4020. The summed E-state index contributed by atoms with van der Waals surface area (Å²) in [6, 6.07) is 82.0. The molecular weight excluding hydrogens is 915 g/mol. The van der Waals surface area contributed by atoms with Gasteiger partial charge in [-0.2, -0.15) is 0 Å². The van der Waals surface area contributed by atoms with Crippen molar-refractivity contribution < 1.29 is 0 Å². The van der Waals surface area contributed by atoms with Crippen LogP contribution in [0.1, 0.15) is 125 Å². The highest BCUT2D eigenvalue weighted by molar-refractivity contribution is 6.01. The second-order valence-electron chi connectivity index (χ2n) is 25.2. The van der Waals surface area contributed by atoms with Gasteiger partial charge in [0.05, 0.1) is 11.1 Å². The van der Waals surface area contributed by atoms with Gasteiger partial charge < -0.3 is 4.90 Å². The predicted molar refractivity (Wildman–Crippen MR) is 321 cm³/mol. The maximum absolute atomic E-state index is 2.58. The van der Waals surface area contributed by atoms with Crippen LogP contribution in [0.3, 0.4) is 0 Å². The third-order valence-corrected chi connectivity index (χ3v) is 18.2. The zero-order chi connectivity index (χ0) is 52.3. The summed E-state index contributed by atoms with van der Waals surface area (Å²) < 4.78 is 0. The Morgan fingerprint density at radius 3 is 1.41 bits per heavy atom. The van der Waals surface area contributed by atoms with Crippen molar-refractivity contribution in [3.8, 4) is 66.8 Å². The molecule has 14 rings (SSSR count). The molecule has 76 heavy (non-hydrogen) atoms. The van der Waals surface area contributed by atoms with Crippen LogP contribution in [0, 0.1) is 0 Å². The molecule has 10 aromatic rings. The van der Waals surface area contributed by atoms with Crippen molar-refractivity contribution in [2.75, 3.05) is 4.90 Å². The van der Waals surface area contributed by atoms with Gasteiger partial charge in [0.15, 0.2) is 0 Å². The number of fused-ring (bicyclic) bond motifs is 16. The minimum atomic E-state index is -0.553. The van der Waals surface area contributed by atoms with Crippen LogP contribution < -0.4 is 4.90 Å². The molecule has 0 heterocycles. The standard InChI is InChI=1S/C75H65N/c1-71(2,3)47-36-39-54-55-40-37-48(72(4,5)6)44-66(55)75(65(54)43-47)63-33-17-12-24-52(63)56-41-38-50(45-67(56)75)76(49-23-19-22-46(42-49)51-28-20-30-59-53-25-11-15-31-61(53)74(9,10)70(51)59)68-35-18-14-26-57(68)58-29-21-34-64-69(58)60-27-13-16-32-62(60)73(64,7)8/h11-45H,1-10H3. The summed E-state index contributed by atoms with van der Waals surface area (Å²) in [6.07, 6.45) is 0. The quantitative estimate of drug-likeness (QED) is 0.166. The Kier molecular flexibility index (Phi) is 9.80. The minimum Gasteiger partial charge on any atom is -0.310 e. The van der Waals surface area contributed by atoms with E-state index in [0.29, 0.717) is 0 Å². The SMILES string of the molecule is CC(C)(C)c1ccc2c(c1)C1(c3ccccc3-c3ccc(N(c4cccc(-c5cccc6c5C(C)(C)c5ccccc5-6)c4)c4ccccc4-c4cccc5c4-c4ccccc4C5(C)C)cc31)c1cc(C(C)(C)C)ccc1-2. The molecule has 0 bridgehead atoms. The zero-order valence-corrected chi connectivity index (χ0v) is 45.7. The molecule has 1 nitrogen and oxygen atoms in total. The first-order valence-electron chi connectivity index (χ1n) is 27.5. The van der Waals surface area contributed by atoms with Crippen molar-refractivity contribution in [1.82, 2.24) is 0 Å². The van der Waals surface area contributed by atoms with E-state index in [1.54, 1.807) is 0 Å². The maximum atomic E-state index is 2.58. The van der Waals surface area contributed by atoms with E-state index >= 15 is 0 Å². The molecule has 0 unspecified atom stereocenters. The third kappa shape index (κ3) is 6.38. The fourth-order valence-electron chi connectivity index (χ4n) is 14.4. The van der Waals surface area contributed by atoms with E-state index in [9.17, 15) is 0 Å². The van der Waals surface area contributed by atoms with Crippen molar-refractivity contribution in [2.45, 2.75) is 96.3 Å². The lowest BCUT2D eigenvalue weighted by Crippen LogP contribution is -2.27. The van der Waals surface area contributed by atoms with Crippen LogP contribution in [0.2, 0.25) is 0 Å². The van der Waals surface area contributed by atoms with Gasteiger partial charge in [-0.25, -0.2) is 0 Å². The third-order valence-electron chi connectivity index (χ3n) is 18.2. The minimum absolute atomic E-state index is 0.0416. The number of rotatable bonds is 5. The number of hydrogen-bond acceptors (Lipinski definition) is 1. The predicted octanol–water partition coefficient (Wildman–Crippen LogP) is 20.0. The number of anilines is 3. The fraction of sp³-hybridized carbons (Fsp3) is 0.200. The lowest BCUT2D eigenvalue weighted by Gasteiger charge is -2.34. The van der Waals surface area contributed by atoms with Crippen molar-refractivity contribution in [1.29, 1.82) is 0 Å². The lowest BCUT2D eigenvalue weighted by atomic mass is 9.68. The fourth-order valence-corrected chi connectivity index (χ4v) is 14.4. The summed E-state index contributed by atoms with van der Waals surface area (Å²) in [7, 11) is 0. The van der Waals surface area contributed by atoms with Gasteiger partial charge in [-0.3, -0.25) is 0 Å². The molecule has 0 fully saturated rings.